The van der Waals surface area contributed by atoms with E-state index in [0.717, 1.165) is 0 Å². The van der Waals surface area contributed by atoms with Crippen LogP contribution in [0.5, 0.6) is 0 Å². The molecule has 0 unspecified atom stereocenters. The molecule has 1 N–H and O–H groups in total. The number of halogens is 2. The molecule has 1 atom stereocenters. The Balaban J connectivity index is 2.70. The van der Waals surface area contributed by atoms with E-state index in [2.05, 4.69) is 11.3 Å². The molecule has 0 aliphatic heterocycles. The lowest BCUT2D eigenvalue weighted by molar-refractivity contribution is -0.0935. The fourth-order valence-corrected chi connectivity index (χ4v) is 1.31. The number of aliphatic hydroxyl groups excluding tert-OH is 1. The third-order valence-corrected chi connectivity index (χ3v) is 2.14. The van der Waals surface area contributed by atoms with Crippen LogP contribution in [0.25, 0.3) is 0 Å². The van der Waals surface area contributed by atoms with Gasteiger partial charge in [-0.1, -0.05) is 18.7 Å². The maximum atomic E-state index is 12.0. The maximum absolute atomic E-state index is 12.0. The molecule has 0 aromatic heterocycles. The molecule has 0 bridgehead atoms. The van der Waals surface area contributed by atoms with Crippen molar-refractivity contribution < 1.29 is 18.6 Å². The highest BCUT2D eigenvalue weighted by atomic mass is 19.3. The molecule has 2 nitrogen and oxygen atoms in total. The molecular weight excluding hydrogens is 202 g/mol. The maximum Gasteiger partial charge on any atom is 0.387 e. The van der Waals surface area contributed by atoms with Crippen LogP contribution in [0.1, 0.15) is 19.3 Å². The van der Waals surface area contributed by atoms with E-state index >= 15 is 0 Å². The van der Waals surface area contributed by atoms with Gasteiger partial charge in [0.2, 0.25) is 0 Å². The zero-order valence-corrected chi connectivity index (χ0v) is 8.33. The number of alkyl halides is 2. The summed E-state index contributed by atoms with van der Waals surface area (Å²) in [7, 11) is 0. The predicted octanol–water partition coefficient (Wildman–Crippen LogP) is 2.77. The van der Waals surface area contributed by atoms with Gasteiger partial charge in [-0.25, -0.2) is 0 Å². The zero-order valence-electron chi connectivity index (χ0n) is 8.33. The van der Waals surface area contributed by atoms with E-state index < -0.39 is 12.7 Å². The Kier molecular flexibility index (Phi) is 4.49. The average molecular weight is 216 g/mol. The molecule has 0 spiro atoms. The van der Waals surface area contributed by atoms with Crippen molar-refractivity contribution in [1.29, 1.82) is 0 Å². The smallest absolute Gasteiger partial charge is 0.387 e. The summed E-state index contributed by atoms with van der Waals surface area (Å²) in [5.41, 5.74) is 0.487. The molecule has 0 aromatic rings. The fourth-order valence-electron chi connectivity index (χ4n) is 1.31. The Morgan fingerprint density at radius 1 is 1.53 bits per heavy atom. The van der Waals surface area contributed by atoms with Gasteiger partial charge < -0.3 is 9.84 Å². The van der Waals surface area contributed by atoms with Gasteiger partial charge in [-0.2, -0.15) is 8.78 Å². The first-order chi connectivity index (χ1) is 7.09. The molecule has 1 aliphatic rings. The van der Waals surface area contributed by atoms with E-state index in [1.165, 1.54) is 6.08 Å². The molecule has 0 amide bonds. The summed E-state index contributed by atoms with van der Waals surface area (Å²) in [5.74, 6) is 0.0929. The molecule has 1 rings (SSSR count). The molecule has 0 saturated heterocycles. The summed E-state index contributed by atoms with van der Waals surface area (Å²) in [5, 5.41) is 9.42. The lowest BCUT2D eigenvalue weighted by atomic mass is 10.1. The number of allylic oxidation sites excluding steroid dienone is 3. The highest BCUT2D eigenvalue weighted by molar-refractivity contribution is 5.27. The Morgan fingerprint density at radius 3 is 2.93 bits per heavy atom. The monoisotopic (exact) mass is 216 g/mol. The molecule has 15 heavy (non-hydrogen) atoms. The first-order valence-corrected chi connectivity index (χ1v) is 4.77. The summed E-state index contributed by atoms with van der Waals surface area (Å²) < 4.78 is 28.4. The number of rotatable bonds is 2. The van der Waals surface area contributed by atoms with Crippen LogP contribution in [0.3, 0.4) is 0 Å². The fraction of sp³-hybridized carbons (Fsp3) is 0.455. The molecular formula is C11H14F2O2. The molecule has 0 saturated carbocycles. The second-order valence-electron chi connectivity index (χ2n) is 3.37. The van der Waals surface area contributed by atoms with Crippen LogP contribution in [0.2, 0.25) is 0 Å². The number of aliphatic hydroxyl groups is 1. The average Bonchev–Trinajstić information content (AvgIpc) is 2.23. The van der Waals surface area contributed by atoms with E-state index in [-0.39, 0.29) is 5.76 Å². The molecule has 0 aromatic carbocycles. The van der Waals surface area contributed by atoms with E-state index in [4.69, 9.17) is 0 Å². The summed E-state index contributed by atoms with van der Waals surface area (Å²) in [6, 6.07) is 0. The van der Waals surface area contributed by atoms with Gasteiger partial charge in [0.25, 0.3) is 0 Å². The van der Waals surface area contributed by atoms with Gasteiger partial charge in [0.15, 0.2) is 0 Å². The van der Waals surface area contributed by atoms with Gasteiger partial charge in [0.05, 0.1) is 6.10 Å². The molecule has 84 valence electrons. The van der Waals surface area contributed by atoms with Gasteiger partial charge in [0.1, 0.15) is 5.76 Å². The molecule has 0 heterocycles. The Morgan fingerprint density at radius 2 is 2.27 bits per heavy atom. The molecule has 0 radical (unpaired) electrons. The number of ether oxygens (including phenoxy) is 1. The van der Waals surface area contributed by atoms with Crippen molar-refractivity contribution >= 4 is 0 Å². The molecule has 0 fully saturated rings. The van der Waals surface area contributed by atoms with Crippen molar-refractivity contribution in [3.8, 4) is 0 Å². The third-order valence-electron chi connectivity index (χ3n) is 2.14. The van der Waals surface area contributed by atoms with Gasteiger partial charge >= 0.3 is 6.61 Å². The third kappa shape index (κ3) is 4.25. The van der Waals surface area contributed by atoms with Crippen LogP contribution in [0, 0.1) is 0 Å². The second kappa shape index (κ2) is 5.66. The van der Waals surface area contributed by atoms with Gasteiger partial charge in [-0.15, -0.1) is 0 Å². The van der Waals surface area contributed by atoms with Crippen molar-refractivity contribution in [2.45, 2.75) is 32.0 Å². The minimum atomic E-state index is -2.84. The molecule has 4 heteroatoms. The summed E-state index contributed by atoms with van der Waals surface area (Å²) >= 11 is 0. The van der Waals surface area contributed by atoms with Gasteiger partial charge in [-0.3, -0.25) is 0 Å². The quantitative estimate of drug-likeness (QED) is 0.769. The summed E-state index contributed by atoms with van der Waals surface area (Å²) in [6.45, 7) is 0.814. The normalized spacial score (nSPS) is 28.7. The minimum Gasteiger partial charge on any atom is -0.435 e. The standard InChI is InChI=1S/C11H14F2O2/c1-8-6-7-9(14)4-2-3-5-10(8)15-11(12)13/h2-3,5,9,11,14H,1,4,6-7H2/b3-2-,10-5+/t9-/m1/s1. The van der Waals surface area contributed by atoms with Crippen molar-refractivity contribution in [3.63, 3.8) is 0 Å². The topological polar surface area (TPSA) is 29.5 Å². The van der Waals surface area contributed by atoms with Crippen LogP contribution in [0.4, 0.5) is 8.78 Å². The van der Waals surface area contributed by atoms with Gasteiger partial charge in [0, 0.05) is 0 Å². The van der Waals surface area contributed by atoms with E-state index in [9.17, 15) is 13.9 Å². The highest BCUT2D eigenvalue weighted by Gasteiger charge is 2.12. The van der Waals surface area contributed by atoms with Crippen LogP contribution in [-0.2, 0) is 4.74 Å². The van der Waals surface area contributed by atoms with Crippen LogP contribution >= 0.6 is 0 Å². The minimum absolute atomic E-state index is 0.0929. The van der Waals surface area contributed by atoms with Crippen LogP contribution in [-0.4, -0.2) is 17.8 Å². The Labute approximate surface area is 87.6 Å². The highest BCUT2D eigenvalue weighted by Crippen LogP contribution is 2.21. The first-order valence-electron chi connectivity index (χ1n) is 4.77. The van der Waals surface area contributed by atoms with E-state index in [1.54, 1.807) is 12.2 Å². The summed E-state index contributed by atoms with van der Waals surface area (Å²) in [4.78, 5) is 0. The Hall–Kier alpha value is -1.16. The van der Waals surface area contributed by atoms with Crippen LogP contribution < -0.4 is 0 Å². The van der Waals surface area contributed by atoms with Gasteiger partial charge in [-0.05, 0) is 30.9 Å². The van der Waals surface area contributed by atoms with Crippen LogP contribution in [0.15, 0.2) is 36.1 Å². The summed E-state index contributed by atoms with van der Waals surface area (Å²) in [6.07, 6.45) is 5.81. The van der Waals surface area contributed by atoms with Crippen molar-refractivity contribution in [1.82, 2.24) is 0 Å². The van der Waals surface area contributed by atoms with E-state index in [0.29, 0.717) is 24.8 Å². The van der Waals surface area contributed by atoms with Crippen molar-refractivity contribution in [2.75, 3.05) is 0 Å². The Bertz CT molecular complexity index is 282. The lowest BCUT2D eigenvalue weighted by Gasteiger charge is -2.12. The van der Waals surface area contributed by atoms with E-state index in [1.807, 2.05) is 0 Å². The van der Waals surface area contributed by atoms with Crippen molar-refractivity contribution in [3.05, 3.63) is 36.1 Å². The zero-order chi connectivity index (χ0) is 11.3. The number of hydrogen-bond acceptors (Lipinski definition) is 2. The SMILES string of the molecule is C=C1CC[C@H](O)C/C=C\C=C/1OC(F)F. The lowest BCUT2D eigenvalue weighted by Crippen LogP contribution is -2.06. The predicted molar refractivity (Wildman–Crippen MR) is 53.3 cm³/mol. The first kappa shape index (κ1) is 11.9. The molecule has 1 aliphatic carbocycles. The second-order valence-corrected chi connectivity index (χ2v) is 3.37. The largest absolute Gasteiger partial charge is 0.435 e. The van der Waals surface area contributed by atoms with Crippen molar-refractivity contribution in [2.24, 2.45) is 0 Å². The number of hydrogen-bond donors (Lipinski definition) is 1.